The lowest BCUT2D eigenvalue weighted by Gasteiger charge is -2.25. The molecule has 7 heteroatoms. The van der Waals surface area contributed by atoms with E-state index in [0.717, 1.165) is 0 Å². The average molecular weight is 346 g/mol. The van der Waals surface area contributed by atoms with Gasteiger partial charge in [0.2, 0.25) is 5.91 Å². The highest BCUT2D eigenvalue weighted by Gasteiger charge is 2.21. The first-order chi connectivity index (χ1) is 11.7. The minimum absolute atomic E-state index is 0.0743. The second-order valence-corrected chi connectivity index (χ2v) is 6.73. The van der Waals surface area contributed by atoms with E-state index in [1.54, 1.807) is 25.4 Å². The lowest BCUT2D eigenvalue weighted by molar-refractivity contribution is -0.123. The first kappa shape index (κ1) is 18.6. The van der Waals surface area contributed by atoms with Gasteiger partial charge in [0.25, 0.3) is 5.91 Å². The monoisotopic (exact) mass is 346 g/mol. The maximum absolute atomic E-state index is 14.3. The highest BCUT2D eigenvalue weighted by Crippen LogP contribution is 2.16. The largest absolute Gasteiger partial charge is 0.350 e. The van der Waals surface area contributed by atoms with E-state index in [1.165, 1.54) is 27.8 Å². The Labute approximate surface area is 146 Å². The van der Waals surface area contributed by atoms with E-state index in [4.69, 9.17) is 0 Å². The Kier molecular flexibility index (Phi) is 5.56. The summed E-state index contributed by atoms with van der Waals surface area (Å²) in [6, 6.07) is 5.89. The molecule has 134 valence electrons. The Bertz CT molecular complexity index is 751. The van der Waals surface area contributed by atoms with Gasteiger partial charge in [-0.3, -0.25) is 9.59 Å². The average Bonchev–Trinajstić information content (AvgIpc) is 3.04. The van der Waals surface area contributed by atoms with Crippen LogP contribution in [0.25, 0.3) is 5.69 Å². The van der Waals surface area contributed by atoms with Crippen LogP contribution in [0.15, 0.2) is 36.7 Å². The zero-order valence-corrected chi connectivity index (χ0v) is 14.9. The minimum atomic E-state index is -0.551. The first-order valence-corrected chi connectivity index (χ1v) is 8.11. The van der Waals surface area contributed by atoms with Gasteiger partial charge in [-0.2, -0.15) is 5.10 Å². The van der Waals surface area contributed by atoms with E-state index in [9.17, 15) is 14.0 Å². The van der Waals surface area contributed by atoms with Crippen molar-refractivity contribution >= 4 is 11.8 Å². The molecule has 1 heterocycles. The molecule has 0 fully saturated rings. The lowest BCUT2D eigenvalue weighted by atomic mass is 10.1. The number of carbonyl (C=O) groups excluding carboxylic acids is 2. The zero-order chi connectivity index (χ0) is 18.6. The molecule has 2 amide bonds. The van der Waals surface area contributed by atoms with Crippen molar-refractivity contribution < 1.29 is 14.0 Å². The number of carbonyl (C=O) groups is 2. The number of rotatable bonds is 5. The summed E-state index contributed by atoms with van der Waals surface area (Å²) in [4.78, 5) is 26.0. The van der Waals surface area contributed by atoms with Gasteiger partial charge in [0.05, 0.1) is 6.54 Å². The van der Waals surface area contributed by atoms with Crippen molar-refractivity contribution in [2.45, 2.75) is 33.2 Å². The van der Waals surface area contributed by atoms with Crippen molar-refractivity contribution in [1.29, 1.82) is 0 Å². The Morgan fingerprint density at radius 1 is 1.32 bits per heavy atom. The van der Waals surface area contributed by atoms with Crippen LogP contribution in [0.4, 0.5) is 4.39 Å². The van der Waals surface area contributed by atoms with Gasteiger partial charge in [0.1, 0.15) is 11.5 Å². The van der Waals surface area contributed by atoms with Crippen molar-refractivity contribution in [3.8, 4) is 5.69 Å². The van der Waals surface area contributed by atoms with E-state index >= 15 is 0 Å². The predicted octanol–water partition coefficient (Wildman–Crippen LogP) is 2.39. The van der Waals surface area contributed by atoms with Crippen LogP contribution in [0.5, 0.6) is 0 Å². The van der Waals surface area contributed by atoms with E-state index in [0.29, 0.717) is 6.54 Å². The van der Waals surface area contributed by atoms with Crippen LogP contribution in [-0.4, -0.2) is 45.1 Å². The van der Waals surface area contributed by atoms with E-state index in [2.05, 4.69) is 10.4 Å². The minimum Gasteiger partial charge on any atom is -0.350 e. The molecule has 0 spiro atoms. The third-order valence-electron chi connectivity index (χ3n) is 3.46. The third-order valence-corrected chi connectivity index (χ3v) is 3.46. The summed E-state index contributed by atoms with van der Waals surface area (Å²) in [6.07, 6.45) is 3.17. The molecule has 0 saturated carbocycles. The molecule has 0 aliphatic rings. The molecular formula is C18H23FN4O2. The molecule has 0 aliphatic carbocycles. The van der Waals surface area contributed by atoms with Gasteiger partial charge < -0.3 is 10.2 Å². The zero-order valence-electron chi connectivity index (χ0n) is 14.9. The topological polar surface area (TPSA) is 67.2 Å². The molecule has 0 aliphatic heterocycles. The lowest BCUT2D eigenvalue weighted by Crippen LogP contribution is -2.47. The molecular weight excluding hydrogens is 323 g/mol. The maximum atomic E-state index is 14.3. The highest BCUT2D eigenvalue weighted by molar-refractivity contribution is 5.96. The Hall–Kier alpha value is -2.70. The summed E-state index contributed by atoms with van der Waals surface area (Å²) in [6.45, 7) is 7.65. The summed E-state index contributed by atoms with van der Waals surface area (Å²) in [5, 5.41) is 6.79. The van der Waals surface area contributed by atoms with Crippen molar-refractivity contribution in [2.75, 3.05) is 13.1 Å². The molecule has 0 unspecified atom stereocenters. The summed E-state index contributed by atoms with van der Waals surface area (Å²) in [5.74, 6) is -1.20. The van der Waals surface area contributed by atoms with E-state index in [1.807, 2.05) is 20.8 Å². The standard InChI is InChI=1S/C18H23FN4O2/c1-5-22(12-16(24)21-18(2,3)4)17(25)13-7-8-15(14(19)11-13)23-10-6-9-20-23/h6-11H,5,12H2,1-4H3,(H,21,24). The van der Waals surface area contributed by atoms with Crippen LogP contribution in [0, 0.1) is 5.82 Å². The van der Waals surface area contributed by atoms with Gasteiger partial charge >= 0.3 is 0 Å². The van der Waals surface area contributed by atoms with Gasteiger partial charge in [-0.1, -0.05) is 0 Å². The van der Waals surface area contributed by atoms with Crippen molar-refractivity contribution in [3.63, 3.8) is 0 Å². The molecule has 2 aromatic rings. The van der Waals surface area contributed by atoms with Gasteiger partial charge in [-0.05, 0) is 52.0 Å². The molecule has 25 heavy (non-hydrogen) atoms. The molecule has 6 nitrogen and oxygen atoms in total. The van der Waals surface area contributed by atoms with E-state index in [-0.39, 0.29) is 29.2 Å². The molecule has 2 rings (SSSR count). The Morgan fingerprint density at radius 3 is 2.56 bits per heavy atom. The molecule has 0 bridgehead atoms. The molecule has 1 aromatic heterocycles. The second-order valence-electron chi connectivity index (χ2n) is 6.73. The number of likely N-dealkylation sites (N-methyl/N-ethyl adjacent to an activating group) is 1. The summed E-state index contributed by atoms with van der Waals surface area (Å²) >= 11 is 0. The number of hydrogen-bond donors (Lipinski definition) is 1. The predicted molar refractivity (Wildman–Crippen MR) is 93.0 cm³/mol. The summed E-state index contributed by atoms with van der Waals surface area (Å²) in [7, 11) is 0. The van der Waals surface area contributed by atoms with Crippen molar-refractivity contribution in [3.05, 3.63) is 48.0 Å². The summed E-state index contributed by atoms with van der Waals surface area (Å²) in [5.41, 5.74) is 0.0748. The van der Waals surface area contributed by atoms with Gasteiger partial charge in [0, 0.05) is 30.0 Å². The van der Waals surface area contributed by atoms with E-state index < -0.39 is 11.7 Å². The number of nitrogens with one attached hydrogen (secondary N) is 1. The third kappa shape index (κ3) is 4.89. The fourth-order valence-electron chi connectivity index (χ4n) is 2.38. The van der Waals surface area contributed by atoms with Crippen molar-refractivity contribution in [2.24, 2.45) is 0 Å². The fourth-order valence-corrected chi connectivity index (χ4v) is 2.38. The molecule has 0 atom stereocenters. The van der Waals surface area contributed by atoms with Crippen LogP contribution in [-0.2, 0) is 4.79 Å². The van der Waals surface area contributed by atoms with Crippen molar-refractivity contribution in [1.82, 2.24) is 20.0 Å². The molecule has 0 radical (unpaired) electrons. The molecule has 0 saturated heterocycles. The molecule has 1 N–H and O–H groups in total. The number of halogens is 1. The highest BCUT2D eigenvalue weighted by atomic mass is 19.1. The quantitative estimate of drug-likeness (QED) is 0.904. The van der Waals surface area contributed by atoms with Crippen LogP contribution in [0.3, 0.4) is 0 Å². The fraction of sp³-hybridized carbons (Fsp3) is 0.389. The van der Waals surface area contributed by atoms with Gasteiger partial charge in [0.15, 0.2) is 0 Å². The number of aromatic nitrogens is 2. The second kappa shape index (κ2) is 7.46. The normalized spacial score (nSPS) is 11.2. The van der Waals surface area contributed by atoms with Gasteiger partial charge in [-0.25, -0.2) is 9.07 Å². The van der Waals surface area contributed by atoms with Crippen LogP contribution in [0.2, 0.25) is 0 Å². The number of benzene rings is 1. The van der Waals surface area contributed by atoms with Crippen LogP contribution < -0.4 is 5.32 Å². The number of nitrogens with zero attached hydrogens (tertiary/aromatic N) is 3. The van der Waals surface area contributed by atoms with Crippen LogP contribution in [0.1, 0.15) is 38.1 Å². The van der Waals surface area contributed by atoms with Crippen LogP contribution >= 0.6 is 0 Å². The first-order valence-electron chi connectivity index (χ1n) is 8.11. The maximum Gasteiger partial charge on any atom is 0.254 e. The Balaban J connectivity index is 2.15. The Morgan fingerprint density at radius 2 is 2.04 bits per heavy atom. The number of hydrogen-bond acceptors (Lipinski definition) is 3. The smallest absolute Gasteiger partial charge is 0.254 e. The van der Waals surface area contributed by atoms with Gasteiger partial charge in [-0.15, -0.1) is 0 Å². The summed E-state index contributed by atoms with van der Waals surface area (Å²) < 4.78 is 15.7. The SMILES string of the molecule is CCN(CC(=O)NC(C)(C)C)C(=O)c1ccc(-n2cccn2)c(F)c1. The molecule has 1 aromatic carbocycles. The number of amides is 2.